The molecule has 0 spiro atoms. The minimum absolute atomic E-state index is 0.831. The number of alkyl halides is 1. The van der Waals surface area contributed by atoms with Gasteiger partial charge in [-0.3, -0.25) is 0 Å². The summed E-state index contributed by atoms with van der Waals surface area (Å²) in [4.78, 5) is 0. The molecule has 0 aliphatic carbocycles. The van der Waals surface area contributed by atoms with Gasteiger partial charge in [0.15, 0.2) is 0 Å². The van der Waals surface area contributed by atoms with Gasteiger partial charge in [0, 0.05) is 5.88 Å². The molecular formula is C16H33Cl3Si. The Labute approximate surface area is 142 Å². The predicted octanol–water partition coefficient (Wildman–Crippen LogP) is 7.85. The van der Waals surface area contributed by atoms with Crippen LogP contribution >= 0.6 is 33.8 Å². The standard InChI is InChI=1S/C16H33Cl3Si/c1-20(18,19)16-14-12-10-8-6-4-2-3-5-7-9-11-13-15-17/h2-16H2,1H3. The molecular weight excluding hydrogens is 327 g/mol. The molecule has 0 aromatic heterocycles. The first-order valence-electron chi connectivity index (χ1n) is 8.50. The maximum Gasteiger partial charge on any atom is 0.248 e. The minimum Gasteiger partial charge on any atom is -0.146 e. The number of hydrogen-bond donors (Lipinski definition) is 0. The van der Waals surface area contributed by atoms with Crippen LogP contribution in [0.1, 0.15) is 83.5 Å². The Kier molecular flexibility index (Phi) is 15.8. The zero-order valence-electron chi connectivity index (χ0n) is 13.2. The normalized spacial score (nSPS) is 12.0. The largest absolute Gasteiger partial charge is 0.248 e. The molecule has 0 nitrogen and oxygen atoms in total. The van der Waals surface area contributed by atoms with Gasteiger partial charge in [-0.25, -0.2) is 0 Å². The van der Waals surface area contributed by atoms with Crippen LogP contribution in [0.4, 0.5) is 0 Å². The molecule has 0 heterocycles. The number of hydrogen-bond acceptors (Lipinski definition) is 0. The van der Waals surface area contributed by atoms with Crippen molar-refractivity contribution in [2.45, 2.75) is 96.1 Å². The summed E-state index contributed by atoms with van der Waals surface area (Å²) in [6, 6.07) is 1.06. The second-order valence-electron chi connectivity index (χ2n) is 6.11. The van der Waals surface area contributed by atoms with E-state index in [1.54, 1.807) is 0 Å². The fourth-order valence-corrected chi connectivity index (χ4v) is 4.34. The first-order chi connectivity index (χ1) is 9.56. The van der Waals surface area contributed by atoms with Gasteiger partial charge in [-0.2, -0.15) is 0 Å². The van der Waals surface area contributed by atoms with E-state index < -0.39 is 6.69 Å². The molecule has 122 valence electrons. The lowest BCUT2D eigenvalue weighted by atomic mass is 10.0. The Balaban J connectivity index is 2.99. The first kappa shape index (κ1) is 21.1. The predicted molar refractivity (Wildman–Crippen MR) is 98.9 cm³/mol. The number of unbranched alkanes of at least 4 members (excludes halogenated alkanes) is 12. The summed E-state index contributed by atoms with van der Waals surface area (Å²) in [5.74, 6) is 0.831. The van der Waals surface area contributed by atoms with Crippen molar-refractivity contribution in [1.82, 2.24) is 0 Å². The molecule has 0 saturated heterocycles. The third-order valence-electron chi connectivity index (χ3n) is 3.75. The van der Waals surface area contributed by atoms with Gasteiger partial charge in [-0.05, 0) is 19.0 Å². The molecule has 0 atom stereocenters. The summed E-state index contributed by atoms with van der Waals surface area (Å²) in [7, 11) is 0. The summed E-state index contributed by atoms with van der Waals surface area (Å²) >= 11 is 17.8. The van der Waals surface area contributed by atoms with E-state index >= 15 is 0 Å². The van der Waals surface area contributed by atoms with E-state index in [1.165, 1.54) is 83.5 Å². The summed E-state index contributed by atoms with van der Waals surface area (Å²) in [5.41, 5.74) is 0. The molecule has 0 bridgehead atoms. The molecule has 0 unspecified atom stereocenters. The Morgan fingerprint density at radius 1 is 0.550 bits per heavy atom. The van der Waals surface area contributed by atoms with Gasteiger partial charge in [0.05, 0.1) is 0 Å². The van der Waals surface area contributed by atoms with Crippen molar-refractivity contribution in [3.8, 4) is 0 Å². The van der Waals surface area contributed by atoms with Crippen LogP contribution in [0, 0.1) is 0 Å². The molecule has 0 fully saturated rings. The van der Waals surface area contributed by atoms with E-state index in [9.17, 15) is 0 Å². The van der Waals surface area contributed by atoms with Gasteiger partial charge in [-0.1, -0.05) is 77.0 Å². The molecule has 0 amide bonds. The topological polar surface area (TPSA) is 0 Å². The van der Waals surface area contributed by atoms with Crippen molar-refractivity contribution in [2.75, 3.05) is 5.88 Å². The van der Waals surface area contributed by atoms with Gasteiger partial charge < -0.3 is 0 Å². The molecule has 0 saturated carbocycles. The van der Waals surface area contributed by atoms with Crippen LogP contribution in [-0.2, 0) is 0 Å². The fraction of sp³-hybridized carbons (Fsp3) is 1.00. The number of halogens is 3. The highest BCUT2D eigenvalue weighted by atomic mass is 35.7. The third kappa shape index (κ3) is 19.1. The van der Waals surface area contributed by atoms with Gasteiger partial charge in [0.1, 0.15) is 0 Å². The molecule has 0 rings (SSSR count). The lowest BCUT2D eigenvalue weighted by molar-refractivity contribution is 0.542. The zero-order valence-corrected chi connectivity index (χ0v) is 16.5. The van der Waals surface area contributed by atoms with Crippen molar-refractivity contribution in [2.24, 2.45) is 0 Å². The Bertz CT molecular complexity index is 193. The Morgan fingerprint density at radius 3 is 1.15 bits per heavy atom. The molecule has 0 radical (unpaired) electrons. The fourth-order valence-electron chi connectivity index (χ4n) is 2.47. The molecule has 4 heteroatoms. The van der Waals surface area contributed by atoms with Crippen LogP contribution in [-0.4, -0.2) is 12.6 Å². The van der Waals surface area contributed by atoms with E-state index in [1.807, 2.05) is 6.55 Å². The Morgan fingerprint density at radius 2 is 0.850 bits per heavy atom. The van der Waals surface area contributed by atoms with Crippen LogP contribution in [0.2, 0.25) is 12.6 Å². The summed E-state index contributed by atoms with van der Waals surface area (Å²) in [6.45, 7) is 0.197. The van der Waals surface area contributed by atoms with Crippen LogP contribution < -0.4 is 0 Å². The molecule has 0 aromatic rings. The highest BCUT2D eigenvalue weighted by molar-refractivity contribution is 7.44. The van der Waals surface area contributed by atoms with Gasteiger partial charge in [-0.15, -0.1) is 33.8 Å². The highest BCUT2D eigenvalue weighted by Crippen LogP contribution is 2.23. The second-order valence-corrected chi connectivity index (χ2v) is 14.7. The average Bonchev–Trinajstić information content (AvgIpc) is 2.38. The van der Waals surface area contributed by atoms with Crippen molar-refractivity contribution in [1.29, 1.82) is 0 Å². The number of rotatable bonds is 15. The summed E-state index contributed by atoms with van der Waals surface area (Å²) in [5, 5.41) is 0. The monoisotopic (exact) mass is 358 g/mol. The van der Waals surface area contributed by atoms with Crippen LogP contribution in [0.15, 0.2) is 0 Å². The van der Waals surface area contributed by atoms with Crippen molar-refractivity contribution < 1.29 is 0 Å². The molecule has 0 aliphatic rings. The van der Waals surface area contributed by atoms with Gasteiger partial charge in [0.25, 0.3) is 0 Å². The summed E-state index contributed by atoms with van der Waals surface area (Å²) < 4.78 is 0. The van der Waals surface area contributed by atoms with Crippen LogP contribution in [0.3, 0.4) is 0 Å². The van der Waals surface area contributed by atoms with Crippen molar-refractivity contribution in [3.05, 3.63) is 0 Å². The molecule has 20 heavy (non-hydrogen) atoms. The van der Waals surface area contributed by atoms with E-state index in [4.69, 9.17) is 33.8 Å². The Hall–Kier alpha value is 1.09. The summed E-state index contributed by atoms with van der Waals surface area (Å²) in [6.07, 6.45) is 17.6. The smallest absolute Gasteiger partial charge is 0.146 e. The quantitative estimate of drug-likeness (QED) is 0.121. The van der Waals surface area contributed by atoms with Gasteiger partial charge >= 0.3 is 0 Å². The third-order valence-corrected chi connectivity index (χ3v) is 6.38. The molecule has 0 aromatic carbocycles. The zero-order chi connectivity index (χ0) is 15.1. The molecule has 0 N–H and O–H groups in total. The van der Waals surface area contributed by atoms with Crippen LogP contribution in [0.5, 0.6) is 0 Å². The average molecular weight is 360 g/mol. The van der Waals surface area contributed by atoms with E-state index in [-0.39, 0.29) is 0 Å². The van der Waals surface area contributed by atoms with E-state index in [2.05, 4.69) is 0 Å². The molecule has 0 aliphatic heterocycles. The van der Waals surface area contributed by atoms with Crippen molar-refractivity contribution in [3.63, 3.8) is 0 Å². The lowest BCUT2D eigenvalue weighted by Gasteiger charge is -2.09. The second kappa shape index (κ2) is 15.0. The van der Waals surface area contributed by atoms with E-state index in [0.29, 0.717) is 0 Å². The maximum atomic E-state index is 6.08. The van der Waals surface area contributed by atoms with Crippen LogP contribution in [0.25, 0.3) is 0 Å². The van der Waals surface area contributed by atoms with Crippen molar-refractivity contribution >= 4 is 40.5 Å². The lowest BCUT2D eigenvalue weighted by Crippen LogP contribution is -2.11. The maximum absolute atomic E-state index is 6.08. The first-order valence-corrected chi connectivity index (χ1v) is 13.8. The van der Waals surface area contributed by atoms with E-state index in [0.717, 1.165) is 11.9 Å². The highest BCUT2D eigenvalue weighted by Gasteiger charge is 2.19. The minimum atomic E-state index is -1.82. The van der Waals surface area contributed by atoms with Gasteiger partial charge in [0.2, 0.25) is 6.69 Å². The SMILES string of the molecule is C[Si](Cl)(Cl)CCCCCCCCCCCCCCCCl.